The van der Waals surface area contributed by atoms with Gasteiger partial charge in [0.2, 0.25) is 10.0 Å². The molecule has 0 spiro atoms. The van der Waals surface area contributed by atoms with E-state index in [4.69, 9.17) is 5.26 Å². The van der Waals surface area contributed by atoms with Crippen LogP contribution >= 0.6 is 0 Å². The summed E-state index contributed by atoms with van der Waals surface area (Å²) < 4.78 is 27.1. The maximum absolute atomic E-state index is 12.9. The summed E-state index contributed by atoms with van der Waals surface area (Å²) in [5.74, 6) is 0. The molecule has 0 amide bonds. The van der Waals surface area contributed by atoms with E-state index in [1.54, 1.807) is 19.1 Å². The average Bonchev–Trinajstić information content (AvgIpc) is 2.69. The van der Waals surface area contributed by atoms with Gasteiger partial charge in [0.25, 0.3) is 5.69 Å². The van der Waals surface area contributed by atoms with Crippen LogP contribution in [0.25, 0.3) is 0 Å². The van der Waals surface area contributed by atoms with Crippen molar-refractivity contribution in [2.24, 2.45) is 0 Å². The molecule has 1 saturated heterocycles. The largest absolute Gasteiger partial charge is 0.296 e. The van der Waals surface area contributed by atoms with Crippen molar-refractivity contribution >= 4 is 15.7 Å². The van der Waals surface area contributed by atoms with Crippen molar-refractivity contribution in [1.82, 2.24) is 9.21 Å². The van der Waals surface area contributed by atoms with Crippen LogP contribution in [-0.2, 0) is 16.6 Å². The number of nitro benzene ring substituents is 1. The number of nitrogens with zero attached hydrogens (tertiary/aromatic N) is 4. The van der Waals surface area contributed by atoms with E-state index in [0.29, 0.717) is 43.9 Å². The molecule has 0 saturated carbocycles. The van der Waals surface area contributed by atoms with Crippen LogP contribution in [0.1, 0.15) is 16.7 Å². The second-order valence-corrected chi connectivity index (χ2v) is 8.63. The number of nitro groups is 1. The first-order valence-electron chi connectivity index (χ1n) is 8.78. The fourth-order valence-electron chi connectivity index (χ4n) is 3.17. The zero-order valence-electron chi connectivity index (χ0n) is 15.4. The molecule has 1 aliphatic rings. The highest BCUT2D eigenvalue weighted by Crippen LogP contribution is 2.25. The molecule has 9 heteroatoms. The molecule has 0 N–H and O–H groups in total. The van der Waals surface area contributed by atoms with Crippen LogP contribution in [0.2, 0.25) is 0 Å². The molecule has 3 rings (SSSR count). The molecule has 1 heterocycles. The summed E-state index contributed by atoms with van der Waals surface area (Å²) in [4.78, 5) is 12.6. The number of hydrogen-bond acceptors (Lipinski definition) is 6. The van der Waals surface area contributed by atoms with Crippen LogP contribution in [0.4, 0.5) is 5.69 Å². The van der Waals surface area contributed by atoms with Crippen molar-refractivity contribution in [3.63, 3.8) is 0 Å². The van der Waals surface area contributed by atoms with Crippen LogP contribution in [-0.4, -0.2) is 48.7 Å². The lowest BCUT2D eigenvalue weighted by atomic mass is 10.1. The van der Waals surface area contributed by atoms with Gasteiger partial charge >= 0.3 is 0 Å². The Bertz CT molecular complexity index is 1020. The first-order chi connectivity index (χ1) is 13.3. The predicted molar refractivity (Wildman–Crippen MR) is 103 cm³/mol. The molecule has 2 aromatic carbocycles. The second kappa shape index (κ2) is 8.06. The van der Waals surface area contributed by atoms with E-state index >= 15 is 0 Å². The molecule has 0 aliphatic carbocycles. The Balaban J connectivity index is 1.67. The van der Waals surface area contributed by atoms with Crippen molar-refractivity contribution in [3.8, 4) is 6.07 Å². The van der Waals surface area contributed by atoms with E-state index in [-0.39, 0.29) is 10.6 Å². The van der Waals surface area contributed by atoms with E-state index in [1.165, 1.54) is 16.4 Å². The third kappa shape index (κ3) is 4.20. The van der Waals surface area contributed by atoms with Gasteiger partial charge in [0.05, 0.1) is 21.5 Å². The predicted octanol–water partition coefficient (Wildman–Crippen LogP) is 2.28. The lowest BCUT2D eigenvalue weighted by molar-refractivity contribution is -0.385. The average molecular weight is 400 g/mol. The SMILES string of the molecule is Cc1ccc(S(=O)(=O)N2CCN(Cc3ccc(C#N)cc3)CC2)cc1[N+](=O)[O-]. The van der Waals surface area contributed by atoms with Crippen LogP contribution < -0.4 is 0 Å². The molecule has 0 radical (unpaired) electrons. The molecular weight excluding hydrogens is 380 g/mol. The molecule has 2 aromatic rings. The molecule has 0 atom stereocenters. The zero-order valence-corrected chi connectivity index (χ0v) is 16.2. The van der Waals surface area contributed by atoms with Crippen LogP contribution in [0.15, 0.2) is 47.4 Å². The van der Waals surface area contributed by atoms with Crippen molar-refractivity contribution in [3.05, 3.63) is 69.3 Å². The molecule has 0 unspecified atom stereocenters. The third-order valence-corrected chi connectivity index (χ3v) is 6.73. The van der Waals surface area contributed by atoms with E-state index in [0.717, 1.165) is 11.6 Å². The maximum atomic E-state index is 12.9. The monoisotopic (exact) mass is 400 g/mol. The Morgan fingerprint density at radius 2 is 1.75 bits per heavy atom. The van der Waals surface area contributed by atoms with Crippen molar-refractivity contribution in [1.29, 1.82) is 5.26 Å². The number of hydrogen-bond donors (Lipinski definition) is 0. The smallest absolute Gasteiger partial charge is 0.273 e. The number of benzene rings is 2. The Morgan fingerprint density at radius 1 is 1.11 bits per heavy atom. The third-order valence-electron chi connectivity index (χ3n) is 4.84. The highest BCUT2D eigenvalue weighted by molar-refractivity contribution is 7.89. The van der Waals surface area contributed by atoms with Gasteiger partial charge in [-0.15, -0.1) is 0 Å². The lowest BCUT2D eigenvalue weighted by Gasteiger charge is -2.34. The number of aryl methyl sites for hydroxylation is 1. The van der Waals surface area contributed by atoms with Crippen molar-refractivity contribution < 1.29 is 13.3 Å². The summed E-state index contributed by atoms with van der Waals surface area (Å²) in [7, 11) is -3.77. The van der Waals surface area contributed by atoms with Gasteiger partial charge in [0.1, 0.15) is 0 Å². The topological polar surface area (TPSA) is 108 Å². The van der Waals surface area contributed by atoms with Gasteiger partial charge in [-0.25, -0.2) is 8.42 Å². The van der Waals surface area contributed by atoms with Crippen molar-refractivity contribution in [2.45, 2.75) is 18.4 Å². The number of nitriles is 1. The van der Waals surface area contributed by atoms with Gasteiger partial charge in [-0.3, -0.25) is 15.0 Å². The number of sulfonamides is 1. The molecule has 1 aliphatic heterocycles. The van der Waals surface area contributed by atoms with Crippen LogP contribution in [0, 0.1) is 28.4 Å². The van der Waals surface area contributed by atoms with Crippen LogP contribution in [0.5, 0.6) is 0 Å². The van der Waals surface area contributed by atoms with Gasteiger partial charge in [-0.2, -0.15) is 9.57 Å². The standard InChI is InChI=1S/C19H20N4O4S/c1-15-2-7-18(12-19(15)23(24)25)28(26,27)22-10-8-21(9-11-22)14-17-5-3-16(13-20)4-6-17/h2-7,12H,8-11,14H2,1H3. The fourth-order valence-corrected chi connectivity index (χ4v) is 4.61. The Kier molecular flexibility index (Phi) is 5.74. The summed E-state index contributed by atoms with van der Waals surface area (Å²) >= 11 is 0. The zero-order chi connectivity index (χ0) is 20.3. The summed E-state index contributed by atoms with van der Waals surface area (Å²) in [6, 6.07) is 13.4. The normalized spacial score (nSPS) is 15.9. The minimum Gasteiger partial charge on any atom is -0.296 e. The second-order valence-electron chi connectivity index (χ2n) is 6.69. The van der Waals surface area contributed by atoms with Gasteiger partial charge in [0, 0.05) is 44.4 Å². The Labute approximate surface area is 163 Å². The summed E-state index contributed by atoms with van der Waals surface area (Å²) in [5.41, 5.74) is 1.90. The molecule has 1 fully saturated rings. The summed E-state index contributed by atoms with van der Waals surface area (Å²) in [6.07, 6.45) is 0. The minimum atomic E-state index is -3.77. The van der Waals surface area contributed by atoms with E-state index in [1.807, 2.05) is 12.1 Å². The van der Waals surface area contributed by atoms with E-state index in [9.17, 15) is 18.5 Å². The Morgan fingerprint density at radius 3 is 2.32 bits per heavy atom. The molecule has 146 valence electrons. The first kappa shape index (κ1) is 19.9. The quantitative estimate of drug-likeness (QED) is 0.563. The molecular formula is C19H20N4O4S. The molecule has 28 heavy (non-hydrogen) atoms. The first-order valence-corrected chi connectivity index (χ1v) is 10.2. The van der Waals surface area contributed by atoms with Crippen molar-refractivity contribution in [2.75, 3.05) is 26.2 Å². The van der Waals surface area contributed by atoms with Gasteiger partial charge in [0.15, 0.2) is 0 Å². The van der Waals surface area contributed by atoms with Gasteiger partial charge in [-0.1, -0.05) is 18.2 Å². The molecule has 8 nitrogen and oxygen atoms in total. The maximum Gasteiger partial charge on any atom is 0.273 e. The van der Waals surface area contributed by atoms with E-state index in [2.05, 4.69) is 11.0 Å². The van der Waals surface area contributed by atoms with Gasteiger partial charge < -0.3 is 0 Å². The Hall–Kier alpha value is -2.80. The summed E-state index contributed by atoms with van der Waals surface area (Å²) in [5, 5.41) is 20.0. The molecule has 0 bridgehead atoms. The molecule has 0 aromatic heterocycles. The summed E-state index contributed by atoms with van der Waals surface area (Å²) in [6.45, 7) is 4.02. The lowest BCUT2D eigenvalue weighted by Crippen LogP contribution is -2.48. The van der Waals surface area contributed by atoms with Crippen LogP contribution in [0.3, 0.4) is 0 Å². The fraction of sp³-hybridized carbons (Fsp3) is 0.316. The van der Waals surface area contributed by atoms with E-state index < -0.39 is 14.9 Å². The number of piperazine rings is 1. The minimum absolute atomic E-state index is 0.0506. The highest BCUT2D eigenvalue weighted by Gasteiger charge is 2.30. The highest BCUT2D eigenvalue weighted by atomic mass is 32.2. The van der Waals surface area contributed by atoms with Gasteiger partial charge in [-0.05, 0) is 30.7 Å². The number of rotatable bonds is 5.